The Morgan fingerprint density at radius 3 is 2.61 bits per heavy atom. The van der Waals surface area contributed by atoms with Crippen LogP contribution in [0.2, 0.25) is 0 Å². The minimum atomic E-state index is 0.237. The second-order valence-corrected chi connectivity index (χ2v) is 9.50. The average Bonchev–Trinajstić information content (AvgIpc) is 3.49. The number of rotatable bonds is 4. The lowest BCUT2D eigenvalue weighted by Gasteiger charge is -2.35. The van der Waals surface area contributed by atoms with Crippen LogP contribution in [-0.2, 0) is 11.8 Å². The largest absolute Gasteiger partial charge is 0.342 e. The molecule has 0 radical (unpaired) electrons. The van der Waals surface area contributed by atoms with E-state index in [1.54, 1.807) is 0 Å². The average molecular weight is 423 g/mol. The number of anilines is 1. The molecule has 0 bridgehead atoms. The number of aromatic nitrogens is 4. The Balaban J connectivity index is 1.37. The summed E-state index contributed by atoms with van der Waals surface area (Å²) in [7, 11) is 1.98. The second-order valence-electron chi connectivity index (χ2n) is 9.50. The van der Waals surface area contributed by atoms with Gasteiger partial charge in [0.15, 0.2) is 0 Å². The quantitative estimate of drug-likeness (QED) is 0.750. The fraction of sp³-hybridized carbons (Fsp3) is 0.667. The molecule has 3 aliphatic rings. The Morgan fingerprint density at radius 2 is 1.81 bits per heavy atom. The van der Waals surface area contributed by atoms with E-state index in [1.807, 2.05) is 24.0 Å². The van der Waals surface area contributed by atoms with Crippen molar-refractivity contribution >= 4 is 11.9 Å². The maximum atomic E-state index is 13.2. The van der Waals surface area contributed by atoms with Gasteiger partial charge in [-0.15, -0.1) is 0 Å². The molecular weight excluding hydrogens is 388 g/mol. The molecule has 3 fully saturated rings. The van der Waals surface area contributed by atoms with Crippen molar-refractivity contribution < 1.29 is 4.79 Å². The highest BCUT2D eigenvalue weighted by molar-refractivity contribution is 5.79. The lowest BCUT2D eigenvalue weighted by atomic mass is 9.86. The first-order valence-electron chi connectivity index (χ1n) is 12.1. The van der Waals surface area contributed by atoms with Gasteiger partial charge in [0.05, 0.1) is 11.4 Å². The van der Waals surface area contributed by atoms with E-state index < -0.39 is 0 Å². The first-order valence-corrected chi connectivity index (χ1v) is 12.1. The molecule has 0 aromatic carbocycles. The first kappa shape index (κ1) is 20.5. The summed E-state index contributed by atoms with van der Waals surface area (Å²) in [4.78, 5) is 27.0. The Morgan fingerprint density at radius 1 is 1.00 bits per heavy atom. The third-order valence-electron chi connectivity index (χ3n) is 7.24. The molecule has 1 saturated carbocycles. The van der Waals surface area contributed by atoms with E-state index >= 15 is 0 Å². The van der Waals surface area contributed by atoms with E-state index in [0.717, 1.165) is 74.8 Å². The lowest BCUT2D eigenvalue weighted by Crippen LogP contribution is -2.43. The summed E-state index contributed by atoms with van der Waals surface area (Å²) >= 11 is 0. The van der Waals surface area contributed by atoms with Crippen LogP contribution in [0.25, 0.3) is 11.3 Å². The number of hydrogen-bond donors (Lipinski definition) is 0. The van der Waals surface area contributed by atoms with E-state index in [4.69, 9.17) is 10.1 Å². The molecule has 166 valence electrons. The highest BCUT2D eigenvalue weighted by Gasteiger charge is 2.32. The van der Waals surface area contributed by atoms with Crippen LogP contribution in [0, 0.1) is 5.92 Å². The predicted molar refractivity (Wildman–Crippen MR) is 121 cm³/mol. The van der Waals surface area contributed by atoms with Crippen molar-refractivity contribution in [1.82, 2.24) is 24.6 Å². The van der Waals surface area contributed by atoms with Gasteiger partial charge >= 0.3 is 0 Å². The van der Waals surface area contributed by atoms with Crippen molar-refractivity contribution in [2.45, 2.75) is 63.7 Å². The van der Waals surface area contributed by atoms with Crippen LogP contribution >= 0.6 is 0 Å². The number of carbonyl (C=O) groups excluding carboxylic acids is 1. The summed E-state index contributed by atoms with van der Waals surface area (Å²) in [6, 6.07) is 1.99. The molecule has 4 heterocycles. The molecule has 0 N–H and O–H groups in total. The van der Waals surface area contributed by atoms with Gasteiger partial charge in [0.1, 0.15) is 0 Å². The Hall–Kier alpha value is -2.44. The van der Waals surface area contributed by atoms with Gasteiger partial charge in [0.2, 0.25) is 11.9 Å². The third kappa shape index (κ3) is 4.32. The summed E-state index contributed by atoms with van der Waals surface area (Å²) in [6.45, 7) is 3.73. The van der Waals surface area contributed by atoms with Crippen molar-refractivity contribution in [2.75, 3.05) is 31.1 Å². The number of amides is 1. The van der Waals surface area contributed by atoms with Crippen molar-refractivity contribution in [3.05, 3.63) is 24.2 Å². The number of piperidine rings is 1. The van der Waals surface area contributed by atoms with Gasteiger partial charge in [-0.25, -0.2) is 9.97 Å². The molecule has 5 rings (SSSR count). The molecule has 1 aliphatic carbocycles. The van der Waals surface area contributed by atoms with Crippen LogP contribution in [0.5, 0.6) is 0 Å². The van der Waals surface area contributed by atoms with Crippen molar-refractivity contribution in [3.63, 3.8) is 0 Å². The van der Waals surface area contributed by atoms with Crippen molar-refractivity contribution in [3.8, 4) is 11.3 Å². The highest BCUT2D eigenvalue weighted by atomic mass is 16.2. The summed E-state index contributed by atoms with van der Waals surface area (Å²) in [5, 5.41) is 4.85. The minimum Gasteiger partial charge on any atom is -0.342 e. The lowest BCUT2D eigenvalue weighted by molar-refractivity contribution is -0.137. The van der Waals surface area contributed by atoms with Gasteiger partial charge in [0, 0.05) is 63.0 Å². The predicted octanol–water partition coefficient (Wildman–Crippen LogP) is 3.76. The Labute approximate surface area is 184 Å². The van der Waals surface area contributed by atoms with E-state index in [-0.39, 0.29) is 11.8 Å². The zero-order valence-corrected chi connectivity index (χ0v) is 18.7. The first-order chi connectivity index (χ1) is 15.2. The van der Waals surface area contributed by atoms with Crippen LogP contribution in [0.4, 0.5) is 5.95 Å². The van der Waals surface area contributed by atoms with Gasteiger partial charge in [-0.05, 0) is 44.6 Å². The Kier molecular flexibility index (Phi) is 5.92. The molecule has 2 aromatic heterocycles. The minimum absolute atomic E-state index is 0.237. The smallest absolute Gasteiger partial charge is 0.225 e. The van der Waals surface area contributed by atoms with E-state index in [0.29, 0.717) is 5.91 Å². The van der Waals surface area contributed by atoms with E-state index in [9.17, 15) is 4.79 Å². The monoisotopic (exact) mass is 422 g/mol. The van der Waals surface area contributed by atoms with E-state index in [2.05, 4.69) is 21.0 Å². The van der Waals surface area contributed by atoms with Gasteiger partial charge < -0.3 is 9.80 Å². The number of likely N-dealkylation sites (tertiary alicyclic amines) is 1. The molecule has 0 unspecified atom stereocenters. The maximum Gasteiger partial charge on any atom is 0.225 e. The second kappa shape index (κ2) is 8.97. The van der Waals surface area contributed by atoms with Crippen LogP contribution in [-0.4, -0.2) is 56.7 Å². The van der Waals surface area contributed by atoms with E-state index in [1.165, 1.54) is 32.1 Å². The highest BCUT2D eigenvalue weighted by Crippen LogP contribution is 2.35. The van der Waals surface area contributed by atoms with Crippen LogP contribution < -0.4 is 4.90 Å². The van der Waals surface area contributed by atoms with Crippen molar-refractivity contribution in [1.29, 1.82) is 0 Å². The molecule has 7 nitrogen and oxygen atoms in total. The molecule has 1 atom stereocenters. The number of aryl methyl sites for hydroxylation is 1. The summed E-state index contributed by atoms with van der Waals surface area (Å²) < 4.78 is 1.89. The van der Waals surface area contributed by atoms with Crippen LogP contribution in [0.15, 0.2) is 18.5 Å². The molecule has 2 aromatic rings. The number of carbonyl (C=O) groups is 1. The Bertz CT molecular complexity index is 913. The van der Waals surface area contributed by atoms with Crippen molar-refractivity contribution in [2.24, 2.45) is 13.0 Å². The van der Waals surface area contributed by atoms with Gasteiger partial charge in [-0.2, -0.15) is 5.10 Å². The summed E-state index contributed by atoms with van der Waals surface area (Å²) in [6.07, 6.45) is 14.3. The molecule has 7 heteroatoms. The standard InChI is InChI=1S/C24H34N6O/c1-28-17-20(21-11-12-25-24(26-21)29-13-5-6-14-29)22(27-28)19-10-7-15-30(16-19)23(31)18-8-3-2-4-9-18/h11-12,17-19H,2-10,13-16H2,1H3/t19-/m0/s1. The zero-order chi connectivity index (χ0) is 21.2. The molecule has 2 aliphatic heterocycles. The van der Waals surface area contributed by atoms with Gasteiger partial charge in [-0.3, -0.25) is 9.48 Å². The molecule has 31 heavy (non-hydrogen) atoms. The zero-order valence-electron chi connectivity index (χ0n) is 18.7. The normalized spacial score (nSPS) is 22.8. The number of nitrogens with zero attached hydrogens (tertiary/aromatic N) is 6. The van der Waals surface area contributed by atoms with Gasteiger partial charge in [0.25, 0.3) is 0 Å². The summed E-state index contributed by atoms with van der Waals surface area (Å²) in [5.74, 6) is 1.70. The fourth-order valence-corrected chi connectivity index (χ4v) is 5.58. The SMILES string of the molecule is Cn1cc(-c2ccnc(N3CCCC3)n2)c([C@H]2CCCN(C(=O)C3CCCCC3)C2)n1. The fourth-order valence-electron chi connectivity index (χ4n) is 5.58. The molecule has 2 saturated heterocycles. The van der Waals surface area contributed by atoms with Gasteiger partial charge in [-0.1, -0.05) is 19.3 Å². The summed E-state index contributed by atoms with van der Waals surface area (Å²) in [5.41, 5.74) is 3.10. The topological polar surface area (TPSA) is 67.2 Å². The third-order valence-corrected chi connectivity index (χ3v) is 7.24. The maximum absolute atomic E-state index is 13.2. The molecular formula is C24H34N6O. The van der Waals surface area contributed by atoms with Crippen LogP contribution in [0.1, 0.15) is 69.4 Å². The van der Waals surface area contributed by atoms with Crippen LogP contribution in [0.3, 0.4) is 0 Å². The molecule has 0 spiro atoms. The molecule has 1 amide bonds. The number of hydrogen-bond acceptors (Lipinski definition) is 5.